The zero-order chi connectivity index (χ0) is 18.1. The maximum absolute atomic E-state index is 12.3. The standard InChI is InChI=1S/C18H15N3O3S2/c1-10(2)16-20-15(24-21-16)9-23-18(22)14-8-7-13(25-14)17-19-11-5-3-4-6-12(11)26-17/h3-8,10H,9H2,1-2H3. The third-order valence-corrected chi connectivity index (χ3v) is 5.91. The molecule has 4 rings (SSSR count). The van der Waals surface area contributed by atoms with Crippen molar-refractivity contribution in [1.29, 1.82) is 0 Å². The van der Waals surface area contributed by atoms with Gasteiger partial charge in [0.15, 0.2) is 12.4 Å². The molecule has 0 aliphatic heterocycles. The van der Waals surface area contributed by atoms with E-state index >= 15 is 0 Å². The van der Waals surface area contributed by atoms with Crippen LogP contribution in [-0.4, -0.2) is 21.1 Å². The monoisotopic (exact) mass is 385 g/mol. The van der Waals surface area contributed by atoms with Crippen molar-refractivity contribution in [3.63, 3.8) is 0 Å². The lowest BCUT2D eigenvalue weighted by Gasteiger charge is -1.98. The number of para-hydroxylation sites is 1. The Labute approximate surface area is 157 Å². The number of rotatable bonds is 5. The lowest BCUT2D eigenvalue weighted by Crippen LogP contribution is -2.03. The maximum atomic E-state index is 12.3. The summed E-state index contributed by atoms with van der Waals surface area (Å²) in [6.45, 7) is 3.90. The number of hydrogen-bond donors (Lipinski definition) is 0. The van der Waals surface area contributed by atoms with E-state index < -0.39 is 5.97 Å². The molecule has 0 bridgehead atoms. The number of benzene rings is 1. The molecule has 3 aromatic heterocycles. The highest BCUT2D eigenvalue weighted by molar-refractivity contribution is 7.26. The van der Waals surface area contributed by atoms with Crippen LogP contribution in [0.3, 0.4) is 0 Å². The second-order valence-corrected chi connectivity index (χ2v) is 8.04. The normalized spacial score (nSPS) is 11.3. The van der Waals surface area contributed by atoms with Gasteiger partial charge in [0.25, 0.3) is 5.89 Å². The minimum absolute atomic E-state index is 0.0348. The number of thiophene rings is 1. The minimum Gasteiger partial charge on any atom is -0.451 e. The summed E-state index contributed by atoms with van der Waals surface area (Å²) in [6, 6.07) is 11.6. The van der Waals surface area contributed by atoms with Crippen molar-refractivity contribution in [2.24, 2.45) is 0 Å². The van der Waals surface area contributed by atoms with E-state index in [2.05, 4.69) is 15.1 Å². The summed E-state index contributed by atoms with van der Waals surface area (Å²) in [5, 5.41) is 4.75. The molecule has 0 spiro atoms. The van der Waals surface area contributed by atoms with Gasteiger partial charge in [-0.1, -0.05) is 31.1 Å². The minimum atomic E-state index is -0.411. The van der Waals surface area contributed by atoms with E-state index in [0.29, 0.717) is 16.6 Å². The number of carbonyl (C=O) groups is 1. The third kappa shape index (κ3) is 3.38. The molecule has 4 aromatic rings. The number of carbonyl (C=O) groups excluding carboxylic acids is 1. The van der Waals surface area contributed by atoms with Gasteiger partial charge in [-0.3, -0.25) is 0 Å². The smallest absolute Gasteiger partial charge is 0.348 e. The molecule has 0 aliphatic carbocycles. The summed E-state index contributed by atoms with van der Waals surface area (Å²) >= 11 is 2.97. The molecule has 0 unspecified atom stereocenters. The van der Waals surface area contributed by atoms with Crippen LogP contribution < -0.4 is 0 Å². The van der Waals surface area contributed by atoms with E-state index in [1.807, 2.05) is 44.2 Å². The van der Waals surface area contributed by atoms with Gasteiger partial charge < -0.3 is 9.26 Å². The Bertz CT molecular complexity index is 1030. The molecule has 0 N–H and O–H groups in total. The van der Waals surface area contributed by atoms with Gasteiger partial charge in [0, 0.05) is 5.92 Å². The van der Waals surface area contributed by atoms with Gasteiger partial charge in [-0.25, -0.2) is 9.78 Å². The van der Waals surface area contributed by atoms with Gasteiger partial charge in [0.05, 0.1) is 15.1 Å². The van der Waals surface area contributed by atoms with E-state index in [4.69, 9.17) is 9.26 Å². The predicted molar refractivity (Wildman–Crippen MR) is 100 cm³/mol. The molecule has 0 atom stereocenters. The van der Waals surface area contributed by atoms with Gasteiger partial charge in [0.2, 0.25) is 0 Å². The number of thiazole rings is 1. The first-order valence-corrected chi connectivity index (χ1v) is 9.69. The van der Waals surface area contributed by atoms with E-state index in [0.717, 1.165) is 20.1 Å². The second-order valence-electron chi connectivity index (χ2n) is 5.93. The van der Waals surface area contributed by atoms with Gasteiger partial charge in [-0.2, -0.15) is 4.98 Å². The molecular formula is C18H15N3O3S2. The Morgan fingerprint density at radius 2 is 2.00 bits per heavy atom. The van der Waals surface area contributed by atoms with Crippen LogP contribution in [0, 0.1) is 0 Å². The van der Waals surface area contributed by atoms with E-state index in [1.54, 1.807) is 17.4 Å². The zero-order valence-corrected chi connectivity index (χ0v) is 15.8. The number of esters is 1. The summed E-state index contributed by atoms with van der Waals surface area (Å²) in [5.41, 5.74) is 0.961. The summed E-state index contributed by atoms with van der Waals surface area (Å²) in [4.78, 5) is 22.5. The van der Waals surface area contributed by atoms with Crippen LogP contribution >= 0.6 is 22.7 Å². The highest BCUT2D eigenvalue weighted by Crippen LogP contribution is 2.34. The molecular weight excluding hydrogens is 370 g/mol. The van der Waals surface area contributed by atoms with E-state index in [9.17, 15) is 4.79 Å². The van der Waals surface area contributed by atoms with Crippen molar-refractivity contribution in [1.82, 2.24) is 15.1 Å². The molecule has 3 heterocycles. The summed E-state index contributed by atoms with van der Waals surface area (Å²) in [7, 11) is 0. The van der Waals surface area contributed by atoms with Gasteiger partial charge in [-0.15, -0.1) is 22.7 Å². The largest absolute Gasteiger partial charge is 0.451 e. The Hall–Kier alpha value is -2.58. The number of aromatic nitrogens is 3. The molecule has 0 amide bonds. The van der Waals surface area contributed by atoms with Crippen LogP contribution in [0.25, 0.3) is 20.1 Å². The van der Waals surface area contributed by atoms with Crippen molar-refractivity contribution in [2.45, 2.75) is 26.4 Å². The van der Waals surface area contributed by atoms with Crippen LogP contribution in [-0.2, 0) is 11.3 Å². The summed E-state index contributed by atoms with van der Waals surface area (Å²) in [5.74, 6) is 0.652. The fraction of sp³-hybridized carbons (Fsp3) is 0.222. The first kappa shape index (κ1) is 16.9. The highest BCUT2D eigenvalue weighted by atomic mass is 32.1. The van der Waals surface area contributed by atoms with Crippen molar-refractivity contribution < 1.29 is 14.1 Å². The maximum Gasteiger partial charge on any atom is 0.348 e. The molecule has 8 heteroatoms. The Morgan fingerprint density at radius 3 is 2.77 bits per heavy atom. The molecule has 0 aliphatic rings. The van der Waals surface area contributed by atoms with Crippen molar-refractivity contribution in [2.75, 3.05) is 0 Å². The second kappa shape index (κ2) is 6.97. The highest BCUT2D eigenvalue weighted by Gasteiger charge is 2.16. The molecule has 0 fully saturated rings. The van der Waals surface area contributed by atoms with E-state index in [-0.39, 0.29) is 12.5 Å². The molecule has 132 valence electrons. The Balaban J connectivity index is 1.45. The third-order valence-electron chi connectivity index (χ3n) is 3.64. The lowest BCUT2D eigenvalue weighted by atomic mass is 10.2. The average molecular weight is 385 g/mol. The SMILES string of the molecule is CC(C)c1noc(COC(=O)c2ccc(-c3nc4ccccc4s3)s2)n1. The van der Waals surface area contributed by atoms with Crippen LogP contribution in [0.4, 0.5) is 0 Å². The van der Waals surface area contributed by atoms with Crippen LogP contribution in [0.1, 0.15) is 41.2 Å². The molecule has 0 saturated carbocycles. The van der Waals surface area contributed by atoms with Crippen LogP contribution in [0.2, 0.25) is 0 Å². The summed E-state index contributed by atoms with van der Waals surface area (Å²) < 4.78 is 11.5. The molecule has 0 radical (unpaired) electrons. The van der Waals surface area contributed by atoms with Crippen molar-refractivity contribution in [3.05, 3.63) is 53.0 Å². The van der Waals surface area contributed by atoms with Crippen molar-refractivity contribution >= 4 is 38.9 Å². The van der Waals surface area contributed by atoms with Gasteiger partial charge in [0.1, 0.15) is 9.88 Å². The first-order chi connectivity index (χ1) is 12.6. The number of ether oxygens (including phenoxy) is 1. The first-order valence-electron chi connectivity index (χ1n) is 8.05. The number of fused-ring (bicyclic) bond motifs is 1. The van der Waals surface area contributed by atoms with E-state index in [1.165, 1.54) is 11.3 Å². The van der Waals surface area contributed by atoms with Gasteiger partial charge >= 0.3 is 5.97 Å². The Kier molecular flexibility index (Phi) is 4.52. The van der Waals surface area contributed by atoms with Crippen molar-refractivity contribution in [3.8, 4) is 9.88 Å². The predicted octanol–water partition coefficient (Wildman–Crippen LogP) is 4.89. The van der Waals surface area contributed by atoms with Crippen LogP contribution in [0.15, 0.2) is 40.9 Å². The number of hydrogen-bond acceptors (Lipinski definition) is 8. The fourth-order valence-electron chi connectivity index (χ4n) is 2.30. The zero-order valence-electron chi connectivity index (χ0n) is 14.1. The lowest BCUT2D eigenvalue weighted by molar-refractivity contribution is 0.0435. The molecule has 26 heavy (non-hydrogen) atoms. The van der Waals surface area contributed by atoms with Crippen LogP contribution in [0.5, 0.6) is 0 Å². The molecule has 6 nitrogen and oxygen atoms in total. The molecule has 1 aromatic carbocycles. The topological polar surface area (TPSA) is 78.1 Å². The summed E-state index contributed by atoms with van der Waals surface area (Å²) in [6.07, 6.45) is 0. The number of nitrogens with zero attached hydrogens (tertiary/aromatic N) is 3. The Morgan fingerprint density at radius 1 is 1.15 bits per heavy atom. The average Bonchev–Trinajstić information content (AvgIpc) is 3.37. The fourth-order valence-corrected chi connectivity index (χ4v) is 4.22. The quantitative estimate of drug-likeness (QED) is 0.455. The van der Waals surface area contributed by atoms with Gasteiger partial charge in [-0.05, 0) is 24.3 Å². The molecule has 0 saturated heterocycles.